The summed E-state index contributed by atoms with van der Waals surface area (Å²) in [5, 5.41) is 7.84. The first-order chi connectivity index (χ1) is 10.1. The van der Waals surface area contributed by atoms with Gasteiger partial charge < -0.3 is 10.6 Å². The summed E-state index contributed by atoms with van der Waals surface area (Å²) in [4.78, 5) is 14.3. The Morgan fingerprint density at radius 2 is 2.00 bits per heavy atom. The van der Waals surface area contributed by atoms with Crippen LogP contribution in [0.25, 0.3) is 0 Å². The van der Waals surface area contributed by atoms with E-state index in [4.69, 9.17) is 5.73 Å². The number of aryl methyl sites for hydroxylation is 1. The average Bonchev–Trinajstić information content (AvgIpc) is 2.84. The SMILES string of the molecule is Cc1c(C(=O)N(CCN)CCc2ccccc2)nnn1C. The van der Waals surface area contributed by atoms with Crippen LogP contribution in [0.1, 0.15) is 21.7 Å². The Labute approximate surface area is 124 Å². The van der Waals surface area contributed by atoms with E-state index in [1.165, 1.54) is 5.56 Å². The van der Waals surface area contributed by atoms with Gasteiger partial charge in [-0.3, -0.25) is 9.48 Å². The summed E-state index contributed by atoms with van der Waals surface area (Å²) >= 11 is 0. The second-order valence-electron chi connectivity index (χ2n) is 4.96. The summed E-state index contributed by atoms with van der Waals surface area (Å²) < 4.78 is 1.60. The summed E-state index contributed by atoms with van der Waals surface area (Å²) in [6.07, 6.45) is 0.798. The van der Waals surface area contributed by atoms with Gasteiger partial charge in [0.15, 0.2) is 5.69 Å². The van der Waals surface area contributed by atoms with Gasteiger partial charge in [-0.1, -0.05) is 35.5 Å². The summed E-state index contributed by atoms with van der Waals surface area (Å²) in [6.45, 7) is 3.41. The molecule has 1 aromatic carbocycles. The lowest BCUT2D eigenvalue weighted by atomic mass is 10.1. The Morgan fingerprint density at radius 3 is 2.57 bits per heavy atom. The van der Waals surface area contributed by atoms with Crippen LogP contribution in [-0.4, -0.2) is 45.4 Å². The van der Waals surface area contributed by atoms with Gasteiger partial charge in [-0.2, -0.15) is 0 Å². The predicted molar refractivity (Wildman–Crippen MR) is 80.8 cm³/mol. The monoisotopic (exact) mass is 287 g/mol. The Morgan fingerprint density at radius 1 is 1.29 bits per heavy atom. The van der Waals surface area contributed by atoms with Gasteiger partial charge in [-0.25, -0.2) is 0 Å². The second-order valence-corrected chi connectivity index (χ2v) is 4.96. The minimum Gasteiger partial charge on any atom is -0.336 e. The van der Waals surface area contributed by atoms with E-state index in [1.54, 1.807) is 16.6 Å². The maximum absolute atomic E-state index is 12.5. The molecule has 0 saturated heterocycles. The first-order valence-electron chi connectivity index (χ1n) is 7.03. The topological polar surface area (TPSA) is 77.0 Å². The Bertz CT molecular complexity index is 593. The van der Waals surface area contributed by atoms with Gasteiger partial charge in [-0.15, -0.1) is 5.10 Å². The molecule has 0 spiro atoms. The van der Waals surface area contributed by atoms with Crippen LogP contribution in [0.3, 0.4) is 0 Å². The van der Waals surface area contributed by atoms with Crippen molar-refractivity contribution >= 4 is 5.91 Å². The van der Waals surface area contributed by atoms with Crippen molar-refractivity contribution in [3.8, 4) is 0 Å². The smallest absolute Gasteiger partial charge is 0.276 e. The fourth-order valence-corrected chi connectivity index (χ4v) is 2.13. The zero-order valence-corrected chi connectivity index (χ0v) is 12.5. The molecule has 0 aliphatic rings. The van der Waals surface area contributed by atoms with Crippen LogP contribution in [0, 0.1) is 6.92 Å². The molecule has 0 saturated carbocycles. The number of nitrogens with two attached hydrogens (primary N) is 1. The van der Waals surface area contributed by atoms with Gasteiger partial charge in [0.05, 0.1) is 5.69 Å². The number of rotatable bonds is 6. The first-order valence-corrected chi connectivity index (χ1v) is 7.03. The number of amides is 1. The number of carbonyl (C=O) groups excluding carboxylic acids is 1. The molecule has 0 fully saturated rings. The highest BCUT2D eigenvalue weighted by atomic mass is 16.2. The van der Waals surface area contributed by atoms with E-state index >= 15 is 0 Å². The Kier molecular flexibility index (Phi) is 5.05. The van der Waals surface area contributed by atoms with Gasteiger partial charge in [0.2, 0.25) is 0 Å². The molecule has 0 atom stereocenters. The van der Waals surface area contributed by atoms with Crippen LogP contribution in [-0.2, 0) is 13.5 Å². The molecule has 0 unspecified atom stereocenters. The molecule has 0 bridgehead atoms. The summed E-state index contributed by atoms with van der Waals surface area (Å²) in [5.74, 6) is -0.109. The first kappa shape index (κ1) is 15.2. The van der Waals surface area contributed by atoms with E-state index in [0.29, 0.717) is 25.3 Å². The fraction of sp³-hybridized carbons (Fsp3) is 0.400. The molecular formula is C15H21N5O. The van der Waals surface area contributed by atoms with Crippen molar-refractivity contribution in [3.63, 3.8) is 0 Å². The molecule has 112 valence electrons. The lowest BCUT2D eigenvalue weighted by Gasteiger charge is -2.21. The van der Waals surface area contributed by atoms with Crippen molar-refractivity contribution in [3.05, 3.63) is 47.3 Å². The number of benzene rings is 1. The fourth-order valence-electron chi connectivity index (χ4n) is 2.13. The third-order valence-electron chi connectivity index (χ3n) is 3.51. The molecule has 1 amide bonds. The van der Waals surface area contributed by atoms with Gasteiger partial charge >= 0.3 is 0 Å². The van der Waals surface area contributed by atoms with Gasteiger partial charge in [0, 0.05) is 26.7 Å². The lowest BCUT2D eigenvalue weighted by Crippen LogP contribution is -2.37. The Balaban J connectivity index is 2.07. The van der Waals surface area contributed by atoms with Crippen molar-refractivity contribution in [2.24, 2.45) is 12.8 Å². The quantitative estimate of drug-likeness (QED) is 0.851. The van der Waals surface area contributed by atoms with Crippen LogP contribution in [0.2, 0.25) is 0 Å². The van der Waals surface area contributed by atoms with Crippen LogP contribution in [0.15, 0.2) is 30.3 Å². The number of aromatic nitrogens is 3. The summed E-state index contributed by atoms with van der Waals surface area (Å²) in [5.41, 5.74) is 7.99. The molecule has 2 N–H and O–H groups in total. The van der Waals surface area contributed by atoms with Crippen LogP contribution in [0.4, 0.5) is 0 Å². The van der Waals surface area contributed by atoms with Crippen LogP contribution in [0.5, 0.6) is 0 Å². The Hall–Kier alpha value is -2.21. The molecule has 6 nitrogen and oxygen atoms in total. The zero-order valence-electron chi connectivity index (χ0n) is 12.5. The van der Waals surface area contributed by atoms with E-state index in [9.17, 15) is 4.79 Å². The zero-order chi connectivity index (χ0) is 15.2. The lowest BCUT2D eigenvalue weighted by molar-refractivity contribution is 0.0755. The predicted octanol–water partition coefficient (Wildman–Crippen LogP) is 0.767. The molecular weight excluding hydrogens is 266 g/mol. The van der Waals surface area contributed by atoms with Gasteiger partial charge in [-0.05, 0) is 18.9 Å². The van der Waals surface area contributed by atoms with Crippen molar-refractivity contribution in [2.45, 2.75) is 13.3 Å². The minimum atomic E-state index is -0.109. The molecule has 2 aromatic rings. The largest absolute Gasteiger partial charge is 0.336 e. The number of nitrogens with zero attached hydrogens (tertiary/aromatic N) is 4. The van der Waals surface area contributed by atoms with E-state index in [1.807, 2.05) is 25.1 Å². The maximum atomic E-state index is 12.5. The number of hydrogen-bond acceptors (Lipinski definition) is 4. The van der Waals surface area contributed by atoms with Crippen LogP contribution >= 0.6 is 0 Å². The molecule has 0 aliphatic heterocycles. The standard InChI is InChI=1S/C15H21N5O/c1-12-14(17-18-19(12)2)15(21)20(11-9-16)10-8-13-6-4-3-5-7-13/h3-7H,8-11,16H2,1-2H3. The third-order valence-corrected chi connectivity index (χ3v) is 3.51. The summed E-state index contributed by atoms with van der Waals surface area (Å²) in [7, 11) is 1.77. The molecule has 0 aliphatic carbocycles. The molecule has 2 rings (SSSR count). The van der Waals surface area contributed by atoms with E-state index in [2.05, 4.69) is 22.4 Å². The van der Waals surface area contributed by atoms with Gasteiger partial charge in [0.1, 0.15) is 0 Å². The highest BCUT2D eigenvalue weighted by Crippen LogP contribution is 2.08. The molecule has 6 heteroatoms. The molecule has 1 aromatic heterocycles. The second kappa shape index (κ2) is 6.99. The normalized spacial score (nSPS) is 10.6. The van der Waals surface area contributed by atoms with Crippen molar-refractivity contribution < 1.29 is 4.79 Å². The minimum absolute atomic E-state index is 0.109. The average molecular weight is 287 g/mol. The van der Waals surface area contributed by atoms with Crippen molar-refractivity contribution in [2.75, 3.05) is 19.6 Å². The van der Waals surface area contributed by atoms with Crippen LogP contribution < -0.4 is 5.73 Å². The summed E-state index contributed by atoms with van der Waals surface area (Å²) in [6, 6.07) is 10.1. The molecule has 0 radical (unpaired) electrons. The maximum Gasteiger partial charge on any atom is 0.276 e. The third kappa shape index (κ3) is 3.66. The van der Waals surface area contributed by atoms with E-state index < -0.39 is 0 Å². The van der Waals surface area contributed by atoms with E-state index in [0.717, 1.165) is 12.1 Å². The van der Waals surface area contributed by atoms with Crippen molar-refractivity contribution in [1.82, 2.24) is 19.9 Å². The number of hydrogen-bond donors (Lipinski definition) is 1. The highest BCUT2D eigenvalue weighted by molar-refractivity contribution is 5.93. The van der Waals surface area contributed by atoms with E-state index in [-0.39, 0.29) is 5.91 Å². The van der Waals surface area contributed by atoms with Crippen molar-refractivity contribution in [1.29, 1.82) is 0 Å². The molecule has 21 heavy (non-hydrogen) atoms. The number of carbonyl (C=O) groups is 1. The molecule has 1 heterocycles. The highest BCUT2D eigenvalue weighted by Gasteiger charge is 2.21. The van der Waals surface area contributed by atoms with Gasteiger partial charge in [0.25, 0.3) is 5.91 Å².